The van der Waals surface area contributed by atoms with Crippen LogP contribution in [0.1, 0.15) is 22.4 Å². The number of aliphatic imine (C=N–C) groups is 1. The van der Waals surface area contributed by atoms with Crippen LogP contribution < -0.4 is 0 Å². The SMILES string of the molecule is Cc1[nH]c(-c2ccccc2)cc1C1=C(O)/C(=C2/C=C(c3ccccc3)N=C2c2ccccc2)C1=O. The van der Waals surface area contributed by atoms with Crippen molar-refractivity contribution in [2.24, 2.45) is 4.99 Å². The summed E-state index contributed by atoms with van der Waals surface area (Å²) in [6.45, 7) is 1.92. The Bertz CT molecular complexity index is 1590. The summed E-state index contributed by atoms with van der Waals surface area (Å²) in [6, 6.07) is 31.5. The largest absolute Gasteiger partial charge is 0.506 e. The molecule has 2 N–H and O–H groups in total. The predicted molar refractivity (Wildman–Crippen MR) is 140 cm³/mol. The van der Waals surface area contributed by atoms with Crippen molar-refractivity contribution in [1.82, 2.24) is 4.98 Å². The summed E-state index contributed by atoms with van der Waals surface area (Å²) in [4.78, 5) is 21.7. The number of aromatic nitrogens is 1. The fourth-order valence-corrected chi connectivity index (χ4v) is 4.67. The minimum atomic E-state index is -0.173. The number of rotatable bonds is 4. The number of ketones is 1. The topological polar surface area (TPSA) is 65.4 Å². The van der Waals surface area contributed by atoms with Gasteiger partial charge in [0.05, 0.1) is 22.6 Å². The third kappa shape index (κ3) is 3.47. The molecule has 4 aromatic rings. The average Bonchev–Trinajstić information content (AvgIpc) is 3.50. The summed E-state index contributed by atoms with van der Waals surface area (Å²) in [5.41, 5.74) is 8.12. The molecule has 0 radical (unpaired) electrons. The van der Waals surface area contributed by atoms with Crippen LogP contribution in [0.3, 0.4) is 0 Å². The Kier molecular flexibility index (Phi) is 4.93. The van der Waals surface area contributed by atoms with Gasteiger partial charge >= 0.3 is 0 Å². The highest BCUT2D eigenvalue weighted by molar-refractivity contribution is 6.42. The lowest BCUT2D eigenvalue weighted by Crippen LogP contribution is -2.24. The van der Waals surface area contributed by atoms with Gasteiger partial charge in [-0.2, -0.15) is 0 Å². The van der Waals surface area contributed by atoms with E-state index in [4.69, 9.17) is 4.99 Å². The number of aromatic amines is 1. The van der Waals surface area contributed by atoms with Gasteiger partial charge in [-0.05, 0) is 24.6 Å². The highest BCUT2D eigenvalue weighted by atomic mass is 16.3. The van der Waals surface area contributed by atoms with Gasteiger partial charge in [-0.3, -0.25) is 4.79 Å². The van der Waals surface area contributed by atoms with Gasteiger partial charge in [-0.1, -0.05) is 91.0 Å². The first-order valence-corrected chi connectivity index (χ1v) is 11.5. The Morgan fingerprint density at radius 2 is 1.31 bits per heavy atom. The van der Waals surface area contributed by atoms with Crippen molar-refractivity contribution >= 4 is 22.8 Å². The van der Waals surface area contributed by atoms with Crippen LogP contribution in [0.25, 0.3) is 22.5 Å². The number of carbonyl (C=O) groups is 1. The highest BCUT2D eigenvalue weighted by Gasteiger charge is 2.40. The maximum atomic E-state index is 13.5. The third-order valence-corrected chi connectivity index (χ3v) is 6.45. The van der Waals surface area contributed by atoms with E-state index in [-0.39, 0.29) is 11.5 Å². The normalized spacial score (nSPS) is 17.3. The minimum absolute atomic E-state index is 0.0147. The Balaban J connectivity index is 1.48. The third-order valence-electron chi connectivity index (χ3n) is 6.45. The van der Waals surface area contributed by atoms with Crippen molar-refractivity contribution in [1.29, 1.82) is 0 Å². The molecule has 1 aliphatic heterocycles. The molecule has 0 unspecified atom stereocenters. The zero-order chi connectivity index (χ0) is 23.9. The van der Waals surface area contributed by atoms with Gasteiger partial charge < -0.3 is 10.1 Å². The van der Waals surface area contributed by atoms with E-state index >= 15 is 0 Å². The molecule has 2 aliphatic rings. The van der Waals surface area contributed by atoms with Crippen LogP contribution in [0.4, 0.5) is 0 Å². The van der Waals surface area contributed by atoms with Crippen LogP contribution in [-0.2, 0) is 4.79 Å². The maximum Gasteiger partial charge on any atom is 0.201 e. The number of nitrogens with zero attached hydrogens (tertiary/aromatic N) is 1. The monoisotopic (exact) mass is 454 g/mol. The molecule has 0 atom stereocenters. The van der Waals surface area contributed by atoms with Crippen molar-refractivity contribution in [2.45, 2.75) is 6.92 Å². The van der Waals surface area contributed by atoms with E-state index < -0.39 is 0 Å². The molecule has 168 valence electrons. The van der Waals surface area contributed by atoms with Gasteiger partial charge in [0, 0.05) is 33.7 Å². The predicted octanol–water partition coefficient (Wildman–Crippen LogP) is 6.68. The van der Waals surface area contributed by atoms with E-state index in [0.29, 0.717) is 22.4 Å². The summed E-state index contributed by atoms with van der Waals surface area (Å²) in [5, 5.41) is 11.2. The van der Waals surface area contributed by atoms with Crippen molar-refractivity contribution in [3.63, 3.8) is 0 Å². The fourth-order valence-electron chi connectivity index (χ4n) is 4.67. The lowest BCUT2D eigenvalue weighted by Gasteiger charge is -2.23. The van der Waals surface area contributed by atoms with Gasteiger partial charge in [-0.15, -0.1) is 0 Å². The fraction of sp³-hybridized carbons (Fsp3) is 0.0323. The van der Waals surface area contributed by atoms with Gasteiger partial charge in [0.1, 0.15) is 5.76 Å². The molecule has 0 saturated carbocycles. The Labute approximate surface area is 203 Å². The lowest BCUT2D eigenvalue weighted by atomic mass is 9.79. The summed E-state index contributed by atoms with van der Waals surface area (Å²) >= 11 is 0. The average molecular weight is 455 g/mol. The second-order valence-electron chi connectivity index (χ2n) is 8.65. The van der Waals surface area contributed by atoms with E-state index in [9.17, 15) is 9.90 Å². The number of hydrogen-bond acceptors (Lipinski definition) is 3. The molecule has 4 heteroatoms. The number of benzene rings is 3. The molecule has 0 saturated heterocycles. The van der Waals surface area contributed by atoms with E-state index in [2.05, 4.69) is 4.98 Å². The number of hydrogen-bond donors (Lipinski definition) is 2. The number of allylic oxidation sites excluding steroid dienone is 4. The molecule has 0 spiro atoms. The number of H-pyrrole nitrogens is 1. The molecule has 2 heterocycles. The number of aryl methyl sites for hydroxylation is 1. The molecule has 1 aromatic heterocycles. The standard InChI is InChI=1S/C31H22N2O2/c1-19-23(17-25(32-19)20-11-5-2-6-12-20)27-30(34)28(31(27)35)24-18-26(21-13-7-3-8-14-21)33-29(24)22-15-9-4-10-16-22/h2-18,32,34H,1H3/b28-24+. The number of aliphatic hydroxyl groups excluding tert-OH is 1. The van der Waals surface area contributed by atoms with Gasteiger partial charge in [0.25, 0.3) is 0 Å². The first-order valence-electron chi connectivity index (χ1n) is 11.5. The van der Waals surface area contributed by atoms with Crippen molar-refractivity contribution in [2.75, 3.05) is 0 Å². The van der Waals surface area contributed by atoms with Crippen molar-refractivity contribution in [3.05, 3.63) is 142 Å². The lowest BCUT2D eigenvalue weighted by molar-refractivity contribution is -0.111. The molecular weight excluding hydrogens is 432 g/mol. The van der Waals surface area contributed by atoms with Gasteiger partial charge in [0.2, 0.25) is 5.78 Å². The maximum absolute atomic E-state index is 13.5. The first kappa shape index (κ1) is 20.9. The molecule has 35 heavy (non-hydrogen) atoms. The van der Waals surface area contributed by atoms with Gasteiger partial charge in [0.15, 0.2) is 0 Å². The van der Waals surface area contributed by atoms with Crippen LogP contribution in [-0.4, -0.2) is 21.6 Å². The minimum Gasteiger partial charge on any atom is -0.506 e. The van der Waals surface area contributed by atoms with E-state index in [0.717, 1.165) is 39.3 Å². The molecule has 1 aliphatic carbocycles. The molecule has 3 aromatic carbocycles. The molecule has 0 amide bonds. The zero-order valence-electron chi connectivity index (χ0n) is 19.1. The van der Waals surface area contributed by atoms with Crippen LogP contribution in [0, 0.1) is 6.92 Å². The number of Topliss-reactive ketones (excluding diaryl/α,β-unsaturated/α-hetero) is 1. The van der Waals surface area contributed by atoms with Crippen molar-refractivity contribution < 1.29 is 9.90 Å². The summed E-state index contributed by atoms with van der Waals surface area (Å²) in [5.74, 6) is -0.158. The van der Waals surface area contributed by atoms with Crippen LogP contribution in [0.15, 0.2) is 125 Å². The summed E-state index contributed by atoms with van der Waals surface area (Å²) < 4.78 is 0. The molecule has 0 fully saturated rings. The highest BCUT2D eigenvalue weighted by Crippen LogP contribution is 2.43. The van der Waals surface area contributed by atoms with Crippen LogP contribution in [0.2, 0.25) is 0 Å². The van der Waals surface area contributed by atoms with E-state index in [1.54, 1.807) is 0 Å². The van der Waals surface area contributed by atoms with E-state index in [1.807, 2.05) is 110 Å². The summed E-state index contributed by atoms with van der Waals surface area (Å²) in [7, 11) is 0. The van der Waals surface area contributed by atoms with Crippen LogP contribution >= 0.6 is 0 Å². The van der Waals surface area contributed by atoms with Gasteiger partial charge in [-0.25, -0.2) is 4.99 Å². The second kappa shape index (κ2) is 8.26. The van der Waals surface area contributed by atoms with Crippen molar-refractivity contribution in [3.8, 4) is 11.3 Å². The number of aliphatic hydroxyl groups is 1. The number of nitrogens with one attached hydrogen (secondary N) is 1. The molecule has 4 nitrogen and oxygen atoms in total. The smallest absolute Gasteiger partial charge is 0.201 e. The first-order chi connectivity index (χ1) is 17.1. The van der Waals surface area contributed by atoms with Crippen LogP contribution in [0.5, 0.6) is 0 Å². The van der Waals surface area contributed by atoms with E-state index in [1.165, 1.54) is 0 Å². The Morgan fingerprint density at radius 3 is 1.91 bits per heavy atom. The number of carbonyl (C=O) groups excluding carboxylic acids is 1. The zero-order valence-corrected chi connectivity index (χ0v) is 19.1. The quantitative estimate of drug-likeness (QED) is 0.338. The summed E-state index contributed by atoms with van der Waals surface area (Å²) in [6.07, 6.45) is 1.90. The second-order valence-corrected chi connectivity index (χ2v) is 8.65. The Hall–Kier alpha value is -4.70. The molecule has 0 bridgehead atoms. The Morgan fingerprint density at radius 1 is 0.743 bits per heavy atom. The molecule has 6 rings (SSSR count). The molecular formula is C31H22N2O2.